The number of nitrogens with zero attached hydrogens (tertiary/aromatic N) is 3. The molecule has 0 radical (unpaired) electrons. The van der Waals surface area contributed by atoms with Gasteiger partial charge < -0.3 is 9.64 Å². The first kappa shape index (κ1) is 15.0. The van der Waals surface area contributed by atoms with Crippen molar-refractivity contribution in [3.8, 4) is 6.01 Å². The van der Waals surface area contributed by atoms with Crippen LogP contribution in [0.25, 0.3) is 0 Å². The zero-order chi connectivity index (χ0) is 15.4. The summed E-state index contributed by atoms with van der Waals surface area (Å²) in [6.45, 7) is 1.32. The Morgan fingerprint density at radius 1 is 1.23 bits per heavy atom. The van der Waals surface area contributed by atoms with E-state index < -0.39 is 0 Å². The summed E-state index contributed by atoms with van der Waals surface area (Å²) in [6, 6.07) is 9.53. The molecule has 1 amide bonds. The average molecular weight is 362 g/mol. The number of piperidine rings is 1. The highest BCUT2D eigenvalue weighted by atomic mass is 79.9. The van der Waals surface area contributed by atoms with Crippen LogP contribution in [0.15, 0.2) is 47.2 Å². The van der Waals surface area contributed by atoms with Crippen LogP contribution in [-0.4, -0.2) is 40.0 Å². The molecule has 0 bridgehead atoms. The second-order valence-corrected chi connectivity index (χ2v) is 6.09. The SMILES string of the molecule is O=C(c1ccc(Br)cc1)N1CCCC(Oc2ncccn2)C1. The summed E-state index contributed by atoms with van der Waals surface area (Å²) < 4.78 is 6.73. The fourth-order valence-corrected chi connectivity index (χ4v) is 2.75. The number of ether oxygens (including phenoxy) is 1. The minimum atomic E-state index is -0.0597. The van der Waals surface area contributed by atoms with Crippen LogP contribution in [0.4, 0.5) is 0 Å². The molecule has 0 N–H and O–H groups in total. The molecular weight excluding hydrogens is 346 g/mol. The monoisotopic (exact) mass is 361 g/mol. The van der Waals surface area contributed by atoms with E-state index in [9.17, 15) is 4.79 Å². The van der Waals surface area contributed by atoms with Gasteiger partial charge in [0.15, 0.2) is 0 Å². The van der Waals surface area contributed by atoms with E-state index in [1.165, 1.54) is 0 Å². The maximum atomic E-state index is 12.5. The first-order valence-electron chi connectivity index (χ1n) is 7.21. The summed E-state index contributed by atoms with van der Waals surface area (Å²) in [6.07, 6.45) is 5.06. The van der Waals surface area contributed by atoms with E-state index >= 15 is 0 Å². The molecule has 1 aromatic heterocycles. The summed E-state index contributed by atoms with van der Waals surface area (Å²) in [5.41, 5.74) is 0.694. The van der Waals surface area contributed by atoms with Gasteiger partial charge in [-0.25, -0.2) is 9.97 Å². The van der Waals surface area contributed by atoms with Gasteiger partial charge in [0.2, 0.25) is 0 Å². The number of hydrogen-bond donors (Lipinski definition) is 0. The summed E-state index contributed by atoms with van der Waals surface area (Å²) in [4.78, 5) is 22.5. The third-order valence-electron chi connectivity index (χ3n) is 3.57. The number of benzene rings is 1. The van der Waals surface area contributed by atoms with Gasteiger partial charge in [0, 0.05) is 29.0 Å². The standard InChI is InChI=1S/C16H16BrN3O2/c17-13-6-4-12(5-7-13)15(21)20-10-1-3-14(11-20)22-16-18-8-2-9-19-16/h2,4-9,14H,1,3,10-11H2. The van der Waals surface area contributed by atoms with Gasteiger partial charge in [0.25, 0.3) is 5.91 Å². The Bertz CT molecular complexity index is 634. The molecule has 1 aromatic carbocycles. The molecule has 22 heavy (non-hydrogen) atoms. The van der Waals surface area contributed by atoms with Gasteiger partial charge in [-0.2, -0.15) is 0 Å². The van der Waals surface area contributed by atoms with Crippen molar-refractivity contribution in [2.24, 2.45) is 0 Å². The van der Waals surface area contributed by atoms with Crippen LogP contribution in [0, 0.1) is 0 Å². The topological polar surface area (TPSA) is 55.3 Å². The highest BCUT2D eigenvalue weighted by molar-refractivity contribution is 9.10. The van der Waals surface area contributed by atoms with Crippen LogP contribution in [-0.2, 0) is 0 Å². The van der Waals surface area contributed by atoms with Gasteiger partial charge in [-0.05, 0) is 43.2 Å². The van der Waals surface area contributed by atoms with E-state index in [-0.39, 0.29) is 12.0 Å². The molecule has 0 saturated carbocycles. The lowest BCUT2D eigenvalue weighted by Crippen LogP contribution is -2.44. The minimum absolute atomic E-state index is 0.0368. The van der Waals surface area contributed by atoms with Crippen LogP contribution in [0.2, 0.25) is 0 Å². The van der Waals surface area contributed by atoms with E-state index in [4.69, 9.17) is 4.74 Å². The maximum Gasteiger partial charge on any atom is 0.316 e. The molecule has 0 spiro atoms. The molecular formula is C16H16BrN3O2. The van der Waals surface area contributed by atoms with Crippen molar-refractivity contribution >= 4 is 21.8 Å². The lowest BCUT2D eigenvalue weighted by atomic mass is 10.1. The first-order chi connectivity index (χ1) is 10.7. The molecule has 1 aliphatic rings. The number of carbonyl (C=O) groups is 1. The van der Waals surface area contributed by atoms with Gasteiger partial charge in [0.05, 0.1) is 6.54 Å². The zero-order valence-corrected chi connectivity index (χ0v) is 13.6. The Kier molecular flexibility index (Phi) is 4.68. The second-order valence-electron chi connectivity index (χ2n) is 5.17. The van der Waals surface area contributed by atoms with Crippen molar-refractivity contribution < 1.29 is 9.53 Å². The van der Waals surface area contributed by atoms with Crippen LogP contribution >= 0.6 is 15.9 Å². The molecule has 1 fully saturated rings. The third kappa shape index (κ3) is 3.62. The number of rotatable bonds is 3. The number of carbonyl (C=O) groups excluding carboxylic acids is 1. The molecule has 114 valence electrons. The van der Waals surface area contributed by atoms with Crippen LogP contribution < -0.4 is 4.74 Å². The normalized spacial score (nSPS) is 18.0. The van der Waals surface area contributed by atoms with E-state index in [0.29, 0.717) is 18.1 Å². The molecule has 5 nitrogen and oxygen atoms in total. The molecule has 3 rings (SSSR count). The number of amides is 1. The van der Waals surface area contributed by atoms with Gasteiger partial charge >= 0.3 is 6.01 Å². The Hall–Kier alpha value is -1.95. The zero-order valence-electron chi connectivity index (χ0n) is 12.0. The van der Waals surface area contributed by atoms with E-state index in [1.807, 2.05) is 29.2 Å². The molecule has 2 heterocycles. The number of likely N-dealkylation sites (tertiary alicyclic amines) is 1. The molecule has 0 aliphatic carbocycles. The second kappa shape index (κ2) is 6.87. The number of halogens is 1. The first-order valence-corrected chi connectivity index (χ1v) is 8.00. The van der Waals surface area contributed by atoms with Crippen molar-refractivity contribution in [1.82, 2.24) is 14.9 Å². The molecule has 2 aromatic rings. The molecule has 1 unspecified atom stereocenters. The number of hydrogen-bond acceptors (Lipinski definition) is 4. The van der Waals surface area contributed by atoms with Gasteiger partial charge in [-0.15, -0.1) is 0 Å². The Balaban J connectivity index is 1.65. The molecule has 6 heteroatoms. The average Bonchev–Trinajstić information content (AvgIpc) is 2.56. The number of aromatic nitrogens is 2. The minimum Gasteiger partial charge on any atom is -0.458 e. The Morgan fingerprint density at radius 2 is 1.95 bits per heavy atom. The fraction of sp³-hybridized carbons (Fsp3) is 0.312. The predicted octanol–water partition coefficient (Wildman–Crippen LogP) is 2.92. The van der Waals surface area contributed by atoms with Crippen molar-refractivity contribution in [1.29, 1.82) is 0 Å². The molecule has 1 atom stereocenters. The van der Waals surface area contributed by atoms with Crippen LogP contribution in [0.3, 0.4) is 0 Å². The summed E-state index contributed by atoms with van der Waals surface area (Å²) in [7, 11) is 0. The third-order valence-corrected chi connectivity index (χ3v) is 4.10. The Labute approximate surface area is 137 Å². The van der Waals surface area contributed by atoms with Gasteiger partial charge in [-0.3, -0.25) is 4.79 Å². The fourth-order valence-electron chi connectivity index (χ4n) is 2.49. The van der Waals surface area contributed by atoms with Gasteiger partial charge in [-0.1, -0.05) is 15.9 Å². The molecule has 1 saturated heterocycles. The maximum absolute atomic E-state index is 12.5. The lowest BCUT2D eigenvalue weighted by molar-refractivity contribution is 0.0516. The largest absolute Gasteiger partial charge is 0.458 e. The lowest BCUT2D eigenvalue weighted by Gasteiger charge is -2.32. The summed E-state index contributed by atoms with van der Waals surface area (Å²) >= 11 is 3.38. The molecule has 1 aliphatic heterocycles. The van der Waals surface area contributed by atoms with E-state index in [1.54, 1.807) is 18.5 Å². The van der Waals surface area contributed by atoms with Crippen molar-refractivity contribution in [2.45, 2.75) is 18.9 Å². The summed E-state index contributed by atoms with van der Waals surface area (Å²) in [5, 5.41) is 0. The van der Waals surface area contributed by atoms with Crippen molar-refractivity contribution in [2.75, 3.05) is 13.1 Å². The van der Waals surface area contributed by atoms with E-state index in [0.717, 1.165) is 23.9 Å². The highest BCUT2D eigenvalue weighted by Gasteiger charge is 2.26. The van der Waals surface area contributed by atoms with Gasteiger partial charge in [0.1, 0.15) is 6.10 Å². The predicted molar refractivity (Wildman–Crippen MR) is 85.7 cm³/mol. The van der Waals surface area contributed by atoms with E-state index in [2.05, 4.69) is 25.9 Å². The van der Waals surface area contributed by atoms with Crippen molar-refractivity contribution in [3.63, 3.8) is 0 Å². The smallest absolute Gasteiger partial charge is 0.316 e. The Morgan fingerprint density at radius 3 is 2.68 bits per heavy atom. The van der Waals surface area contributed by atoms with Crippen LogP contribution in [0.1, 0.15) is 23.2 Å². The van der Waals surface area contributed by atoms with Crippen molar-refractivity contribution in [3.05, 3.63) is 52.8 Å². The van der Waals surface area contributed by atoms with Crippen LogP contribution in [0.5, 0.6) is 6.01 Å². The quantitative estimate of drug-likeness (QED) is 0.843. The highest BCUT2D eigenvalue weighted by Crippen LogP contribution is 2.18. The summed E-state index contributed by atoms with van der Waals surface area (Å²) in [5.74, 6) is 0.0368.